The van der Waals surface area contributed by atoms with Gasteiger partial charge in [0.2, 0.25) is 10.0 Å². The van der Waals surface area contributed by atoms with Gasteiger partial charge in [0.1, 0.15) is 4.90 Å². The Kier molecular flexibility index (Phi) is 7.78. The average molecular weight is 335 g/mol. The maximum Gasteiger partial charge on any atom is 0.242 e. The molecular weight excluding hydrogens is 310 g/mol. The molecule has 1 heterocycles. The van der Waals surface area contributed by atoms with Gasteiger partial charge in [0.05, 0.1) is 13.2 Å². The van der Waals surface area contributed by atoms with Crippen LogP contribution in [0.25, 0.3) is 0 Å². The lowest BCUT2D eigenvalue weighted by atomic mass is 10.3. The Morgan fingerprint density at radius 3 is 2.67 bits per heavy atom. The zero-order valence-electron chi connectivity index (χ0n) is 13.1. The van der Waals surface area contributed by atoms with Crippen molar-refractivity contribution in [1.82, 2.24) is 14.9 Å². The van der Waals surface area contributed by atoms with E-state index in [0.717, 1.165) is 17.0 Å². The summed E-state index contributed by atoms with van der Waals surface area (Å²) in [6.07, 6.45) is 0. The molecule has 0 amide bonds. The van der Waals surface area contributed by atoms with Crippen LogP contribution in [0.2, 0.25) is 0 Å². The number of nitrogens with one attached hydrogen (secondary N) is 2. The molecule has 6 nitrogen and oxygen atoms in total. The van der Waals surface area contributed by atoms with Crippen molar-refractivity contribution in [2.24, 2.45) is 0 Å². The number of likely N-dealkylation sites (N-methyl/N-ethyl adjacent to an activating group) is 1. The summed E-state index contributed by atoms with van der Waals surface area (Å²) < 4.78 is 32.7. The van der Waals surface area contributed by atoms with Crippen LogP contribution in [-0.2, 0) is 21.3 Å². The molecule has 0 aliphatic heterocycles. The molecule has 0 bridgehead atoms. The van der Waals surface area contributed by atoms with Crippen molar-refractivity contribution in [2.75, 3.05) is 47.4 Å². The Hall–Kier alpha value is -0.510. The second-order valence-electron chi connectivity index (χ2n) is 5.01. The summed E-state index contributed by atoms with van der Waals surface area (Å²) >= 11 is 1.46. The van der Waals surface area contributed by atoms with Gasteiger partial charge in [0.15, 0.2) is 0 Å². The second kappa shape index (κ2) is 8.82. The van der Waals surface area contributed by atoms with Crippen LogP contribution in [0.1, 0.15) is 10.4 Å². The van der Waals surface area contributed by atoms with E-state index in [4.69, 9.17) is 4.74 Å². The van der Waals surface area contributed by atoms with Crippen LogP contribution in [-0.4, -0.2) is 60.8 Å². The topological polar surface area (TPSA) is 70.7 Å². The highest BCUT2D eigenvalue weighted by Gasteiger charge is 2.22. The molecular formula is C13H25N3O3S2. The van der Waals surface area contributed by atoms with E-state index in [0.29, 0.717) is 24.7 Å². The van der Waals surface area contributed by atoms with Crippen LogP contribution in [0.5, 0.6) is 0 Å². The van der Waals surface area contributed by atoms with E-state index in [9.17, 15) is 8.42 Å². The first-order valence-electron chi connectivity index (χ1n) is 6.82. The molecule has 0 atom stereocenters. The van der Waals surface area contributed by atoms with Gasteiger partial charge in [0.25, 0.3) is 0 Å². The fraction of sp³-hybridized carbons (Fsp3) is 0.692. The summed E-state index contributed by atoms with van der Waals surface area (Å²) in [6.45, 7) is 4.44. The Morgan fingerprint density at radius 2 is 2.05 bits per heavy atom. The summed E-state index contributed by atoms with van der Waals surface area (Å²) in [5.74, 6) is 0. The molecule has 0 fully saturated rings. The van der Waals surface area contributed by atoms with E-state index in [1.807, 2.05) is 31.3 Å². The number of sulfonamides is 1. The van der Waals surface area contributed by atoms with E-state index in [2.05, 4.69) is 10.0 Å². The fourth-order valence-corrected chi connectivity index (χ4v) is 4.63. The normalized spacial score (nSPS) is 12.2. The monoisotopic (exact) mass is 335 g/mol. The molecule has 0 radical (unpaired) electrons. The third kappa shape index (κ3) is 6.01. The third-order valence-electron chi connectivity index (χ3n) is 2.82. The van der Waals surface area contributed by atoms with Crippen molar-refractivity contribution in [3.05, 3.63) is 15.8 Å². The van der Waals surface area contributed by atoms with E-state index in [1.54, 1.807) is 7.05 Å². The molecule has 1 aromatic rings. The summed E-state index contributed by atoms with van der Waals surface area (Å²) in [5.41, 5.74) is 0.784. The predicted molar refractivity (Wildman–Crippen MR) is 86.4 cm³/mol. The molecule has 0 aliphatic rings. The molecule has 0 aliphatic carbocycles. The maximum atomic E-state index is 12.4. The zero-order valence-corrected chi connectivity index (χ0v) is 14.7. The Balaban J connectivity index is 2.52. The fourth-order valence-electron chi connectivity index (χ4n) is 1.80. The van der Waals surface area contributed by atoms with Crippen LogP contribution in [0, 0.1) is 6.92 Å². The first kappa shape index (κ1) is 18.5. The van der Waals surface area contributed by atoms with Crippen LogP contribution in [0.3, 0.4) is 0 Å². The third-order valence-corrected chi connectivity index (χ3v) is 5.74. The first-order valence-corrected chi connectivity index (χ1v) is 9.18. The smallest absolute Gasteiger partial charge is 0.242 e. The van der Waals surface area contributed by atoms with Crippen molar-refractivity contribution in [3.63, 3.8) is 0 Å². The minimum atomic E-state index is -3.47. The lowest BCUT2D eigenvalue weighted by Crippen LogP contribution is -2.29. The van der Waals surface area contributed by atoms with Gasteiger partial charge in [-0.25, -0.2) is 13.1 Å². The molecule has 1 rings (SSSR count). The van der Waals surface area contributed by atoms with Gasteiger partial charge in [-0.2, -0.15) is 0 Å². The quantitative estimate of drug-likeness (QED) is 0.614. The van der Waals surface area contributed by atoms with Crippen molar-refractivity contribution < 1.29 is 13.2 Å². The van der Waals surface area contributed by atoms with Gasteiger partial charge in [-0.15, -0.1) is 11.3 Å². The minimum Gasteiger partial charge on any atom is -0.379 e. The Bertz CT molecular complexity index is 527. The van der Waals surface area contributed by atoms with Gasteiger partial charge in [-0.3, -0.25) is 0 Å². The Labute approximate surface area is 131 Å². The van der Waals surface area contributed by atoms with Crippen LogP contribution < -0.4 is 10.0 Å². The lowest BCUT2D eigenvalue weighted by Gasteiger charge is -2.11. The van der Waals surface area contributed by atoms with Gasteiger partial charge in [-0.1, -0.05) is 0 Å². The minimum absolute atomic E-state index is 0.282. The van der Waals surface area contributed by atoms with E-state index < -0.39 is 10.0 Å². The molecule has 21 heavy (non-hydrogen) atoms. The molecule has 2 N–H and O–H groups in total. The van der Waals surface area contributed by atoms with Crippen LogP contribution >= 0.6 is 11.3 Å². The van der Waals surface area contributed by atoms with Gasteiger partial charge >= 0.3 is 0 Å². The molecule has 8 heteroatoms. The molecule has 122 valence electrons. The predicted octanol–water partition coefficient (Wildman–Crippen LogP) is 0.632. The SMILES string of the molecule is CNCc1scc(C)c1S(=O)(=O)NCCOCCN(C)C. The van der Waals surface area contributed by atoms with Crippen molar-refractivity contribution in [1.29, 1.82) is 0 Å². The largest absolute Gasteiger partial charge is 0.379 e. The van der Waals surface area contributed by atoms with E-state index >= 15 is 0 Å². The summed E-state index contributed by atoms with van der Waals surface area (Å²) in [6, 6.07) is 0. The zero-order chi connectivity index (χ0) is 15.9. The Morgan fingerprint density at radius 1 is 1.33 bits per heavy atom. The average Bonchev–Trinajstić information content (AvgIpc) is 2.75. The number of aryl methyl sites for hydroxylation is 1. The van der Waals surface area contributed by atoms with Gasteiger partial charge in [0, 0.05) is 24.5 Å². The number of thiophene rings is 1. The summed E-state index contributed by atoms with van der Waals surface area (Å²) in [4.78, 5) is 3.24. The number of nitrogens with zero attached hydrogens (tertiary/aromatic N) is 1. The number of rotatable bonds is 10. The molecule has 0 aromatic carbocycles. The van der Waals surface area contributed by atoms with E-state index in [1.165, 1.54) is 11.3 Å². The number of hydrogen-bond donors (Lipinski definition) is 2. The van der Waals surface area contributed by atoms with Crippen LogP contribution in [0.15, 0.2) is 10.3 Å². The van der Waals surface area contributed by atoms with Crippen LogP contribution in [0.4, 0.5) is 0 Å². The van der Waals surface area contributed by atoms with Crippen molar-refractivity contribution in [2.45, 2.75) is 18.4 Å². The first-order chi connectivity index (χ1) is 9.88. The molecule has 0 saturated heterocycles. The second-order valence-corrected chi connectivity index (χ2v) is 7.68. The molecule has 1 aromatic heterocycles. The number of hydrogen-bond acceptors (Lipinski definition) is 6. The van der Waals surface area contributed by atoms with Crippen molar-refractivity contribution >= 4 is 21.4 Å². The van der Waals surface area contributed by atoms with E-state index in [-0.39, 0.29) is 6.54 Å². The molecule has 0 spiro atoms. The highest BCUT2D eigenvalue weighted by Crippen LogP contribution is 2.26. The molecule has 0 saturated carbocycles. The highest BCUT2D eigenvalue weighted by molar-refractivity contribution is 7.89. The highest BCUT2D eigenvalue weighted by atomic mass is 32.2. The standard InChI is InChI=1S/C13H25N3O3S2/c1-11-10-20-12(9-14-2)13(11)21(17,18)15-5-7-19-8-6-16(3)4/h10,14-15H,5-9H2,1-4H3. The molecule has 0 unspecified atom stereocenters. The van der Waals surface area contributed by atoms with Gasteiger partial charge in [-0.05, 0) is 39.0 Å². The maximum absolute atomic E-state index is 12.4. The number of ether oxygens (including phenoxy) is 1. The van der Waals surface area contributed by atoms with Crippen molar-refractivity contribution in [3.8, 4) is 0 Å². The summed E-state index contributed by atoms with van der Waals surface area (Å²) in [7, 11) is 2.26. The van der Waals surface area contributed by atoms with Gasteiger partial charge < -0.3 is 15.0 Å². The lowest BCUT2D eigenvalue weighted by molar-refractivity contribution is 0.122. The summed E-state index contributed by atoms with van der Waals surface area (Å²) in [5, 5.41) is 4.86.